The molecule has 56 valence electrons. The summed E-state index contributed by atoms with van der Waals surface area (Å²) in [5.41, 5.74) is 7.10. The van der Waals surface area contributed by atoms with Gasteiger partial charge < -0.3 is 14.1 Å². The van der Waals surface area contributed by atoms with Gasteiger partial charge in [0.2, 0.25) is 0 Å². The van der Waals surface area contributed by atoms with E-state index in [-0.39, 0.29) is 59.8 Å². The maximum absolute atomic E-state index is 5.70. The average molecular weight is 183 g/mol. The molecular weight excluding hydrogens is 172 g/mol. The molecule has 1 aliphatic carbocycles. The molecule has 0 heterocycles. The summed E-state index contributed by atoms with van der Waals surface area (Å²) in [7, 11) is 0. The van der Waals surface area contributed by atoms with Crippen LogP contribution in [-0.4, -0.2) is 14.5 Å². The van der Waals surface area contributed by atoms with Crippen LogP contribution in [0.1, 0.15) is 17.9 Å². The van der Waals surface area contributed by atoms with E-state index in [0.717, 1.165) is 0 Å². The summed E-state index contributed by atoms with van der Waals surface area (Å²) in [6.45, 7) is 0. The van der Waals surface area contributed by atoms with Crippen molar-refractivity contribution < 1.29 is 51.4 Å². The molecule has 1 fully saturated rings. The van der Waals surface area contributed by atoms with Gasteiger partial charge in [-0.1, -0.05) is 30.3 Å². The van der Waals surface area contributed by atoms with Crippen LogP contribution in [0.4, 0.5) is 0 Å². The maximum Gasteiger partial charge on any atom is 1.00 e. The van der Waals surface area contributed by atoms with Crippen molar-refractivity contribution in [3.8, 4) is 0 Å². The van der Waals surface area contributed by atoms with Crippen LogP contribution in [-0.2, 0) is 0 Å². The predicted octanol–water partition coefficient (Wildman–Crippen LogP) is -1.88. The first-order valence-corrected chi connectivity index (χ1v) is 3.68. The van der Waals surface area contributed by atoms with E-state index in [2.05, 4.69) is 24.3 Å². The van der Waals surface area contributed by atoms with Gasteiger partial charge in [-0.15, -0.1) is 0 Å². The van der Waals surface area contributed by atoms with Crippen molar-refractivity contribution >= 4 is 8.41 Å². The Morgan fingerprint density at radius 1 is 1.17 bits per heavy atom. The van der Waals surface area contributed by atoms with Gasteiger partial charge in [-0.3, -0.25) is 0 Å². The van der Waals surface area contributed by atoms with E-state index in [1.54, 1.807) is 0 Å². The van der Waals surface area contributed by atoms with Crippen LogP contribution in [0, 0.1) is 0 Å². The molecule has 12 heavy (non-hydrogen) atoms. The van der Waals surface area contributed by atoms with Gasteiger partial charge in [0.05, 0.1) is 0 Å². The Bertz CT molecular complexity index is 227. The standard InChI is InChI=1S/C9H11N.B.K/c10-9-6-8(9)7-4-2-1-3-5-7;;/h1-5,8-9H,6,10H2;;/q;-1;+1/t8-,9-;;/m1../s1. The van der Waals surface area contributed by atoms with Crippen molar-refractivity contribution in [1.29, 1.82) is 0 Å². The van der Waals surface area contributed by atoms with Gasteiger partial charge in [0, 0.05) is 12.0 Å². The van der Waals surface area contributed by atoms with Crippen LogP contribution in [0.2, 0.25) is 0 Å². The van der Waals surface area contributed by atoms with Crippen molar-refractivity contribution in [1.82, 2.24) is 0 Å². The van der Waals surface area contributed by atoms with E-state index in [1.165, 1.54) is 12.0 Å². The summed E-state index contributed by atoms with van der Waals surface area (Å²) in [5.74, 6) is 0.654. The summed E-state index contributed by atoms with van der Waals surface area (Å²) in [6.07, 6.45) is 1.17. The minimum Gasteiger partial charge on any atom is -1.00 e. The molecule has 1 aromatic rings. The fourth-order valence-electron chi connectivity index (χ4n) is 1.30. The Kier molecular flexibility index (Phi) is 5.99. The first-order chi connectivity index (χ1) is 4.88. The van der Waals surface area contributed by atoms with E-state index < -0.39 is 0 Å². The number of benzene rings is 1. The van der Waals surface area contributed by atoms with Crippen molar-refractivity contribution in [2.24, 2.45) is 5.73 Å². The molecule has 1 nitrogen and oxygen atoms in total. The molecule has 3 heteroatoms. The van der Waals surface area contributed by atoms with Crippen molar-refractivity contribution in [3.05, 3.63) is 35.9 Å². The zero-order valence-corrected chi connectivity index (χ0v) is 10.5. The number of nitrogens with two attached hydrogens (primary N) is 1. The van der Waals surface area contributed by atoms with E-state index in [4.69, 9.17) is 5.73 Å². The quantitative estimate of drug-likeness (QED) is 0.507. The SMILES string of the molecule is N[C@@H]1C[C@@H]1c1ccccc1.[B-].[K+]. The van der Waals surface area contributed by atoms with Crippen molar-refractivity contribution in [2.75, 3.05) is 0 Å². The second-order valence-electron chi connectivity index (χ2n) is 2.92. The molecule has 2 N–H and O–H groups in total. The summed E-state index contributed by atoms with van der Waals surface area (Å²) >= 11 is 0. The molecule has 1 aliphatic rings. The van der Waals surface area contributed by atoms with Gasteiger partial charge >= 0.3 is 51.4 Å². The smallest absolute Gasteiger partial charge is 1.00 e. The van der Waals surface area contributed by atoms with Crippen LogP contribution >= 0.6 is 0 Å². The Morgan fingerprint density at radius 3 is 2.08 bits per heavy atom. The molecule has 4 radical (unpaired) electrons. The van der Waals surface area contributed by atoms with Crippen LogP contribution in [0.15, 0.2) is 30.3 Å². The molecule has 2 rings (SSSR count). The molecule has 0 aliphatic heterocycles. The molecule has 1 aromatic carbocycles. The molecule has 1 saturated carbocycles. The number of rotatable bonds is 1. The molecular formula is C9H11BKN. The van der Waals surface area contributed by atoms with Gasteiger partial charge in [-0.2, -0.15) is 0 Å². The largest absolute Gasteiger partial charge is 1.00 e. The first-order valence-electron chi connectivity index (χ1n) is 3.68. The third-order valence-corrected chi connectivity index (χ3v) is 2.07. The van der Waals surface area contributed by atoms with E-state index in [9.17, 15) is 0 Å². The molecule has 0 saturated heterocycles. The third kappa shape index (κ3) is 2.98. The fourth-order valence-corrected chi connectivity index (χ4v) is 1.30. The predicted molar refractivity (Wildman–Crippen MR) is 47.5 cm³/mol. The van der Waals surface area contributed by atoms with Gasteiger partial charge in [0.25, 0.3) is 0 Å². The van der Waals surface area contributed by atoms with E-state index >= 15 is 0 Å². The monoisotopic (exact) mass is 183 g/mol. The minimum atomic E-state index is 0. The Labute approximate surface area is 118 Å². The Balaban J connectivity index is 0.000000605. The first kappa shape index (κ1) is 12.9. The van der Waals surface area contributed by atoms with E-state index in [0.29, 0.717) is 12.0 Å². The molecule has 0 amide bonds. The summed E-state index contributed by atoms with van der Waals surface area (Å²) in [4.78, 5) is 0. The summed E-state index contributed by atoms with van der Waals surface area (Å²) in [6, 6.07) is 10.9. The normalized spacial score (nSPS) is 25.1. The Morgan fingerprint density at radius 2 is 1.67 bits per heavy atom. The van der Waals surface area contributed by atoms with Crippen LogP contribution < -0.4 is 57.1 Å². The van der Waals surface area contributed by atoms with E-state index in [1.807, 2.05) is 6.07 Å². The molecule has 0 spiro atoms. The second-order valence-corrected chi connectivity index (χ2v) is 2.92. The molecule has 2 atom stereocenters. The topological polar surface area (TPSA) is 26.0 Å². The van der Waals surface area contributed by atoms with Gasteiger partial charge in [0.15, 0.2) is 0 Å². The summed E-state index contributed by atoms with van der Waals surface area (Å²) < 4.78 is 0. The minimum absolute atomic E-state index is 0. The van der Waals surface area contributed by atoms with Crippen LogP contribution in [0.5, 0.6) is 0 Å². The van der Waals surface area contributed by atoms with Crippen molar-refractivity contribution in [2.45, 2.75) is 18.4 Å². The van der Waals surface area contributed by atoms with Crippen molar-refractivity contribution in [3.63, 3.8) is 0 Å². The van der Waals surface area contributed by atoms with Gasteiger partial charge in [-0.05, 0) is 12.0 Å². The van der Waals surface area contributed by atoms with Gasteiger partial charge in [0.1, 0.15) is 0 Å². The maximum atomic E-state index is 5.70. The van der Waals surface area contributed by atoms with Crippen LogP contribution in [0.3, 0.4) is 0 Å². The Hall–Kier alpha value is 0.881. The fraction of sp³-hybridized carbons (Fsp3) is 0.333. The number of hydrogen-bond donors (Lipinski definition) is 1. The average Bonchev–Trinajstić information content (AvgIpc) is 2.69. The van der Waals surface area contributed by atoms with Crippen LogP contribution in [0.25, 0.3) is 0 Å². The zero-order chi connectivity index (χ0) is 6.97. The third-order valence-electron chi connectivity index (χ3n) is 2.07. The second kappa shape index (κ2) is 5.58. The number of hydrogen-bond acceptors (Lipinski definition) is 1. The molecule has 0 bridgehead atoms. The summed E-state index contributed by atoms with van der Waals surface area (Å²) in [5, 5.41) is 0. The molecule has 0 aromatic heterocycles. The molecule has 0 unspecified atom stereocenters. The van der Waals surface area contributed by atoms with Gasteiger partial charge in [-0.25, -0.2) is 0 Å². The zero-order valence-electron chi connectivity index (χ0n) is 7.40.